The van der Waals surface area contributed by atoms with Gasteiger partial charge >= 0.3 is 0 Å². The summed E-state index contributed by atoms with van der Waals surface area (Å²) < 4.78 is 23.6. The van der Waals surface area contributed by atoms with Crippen molar-refractivity contribution in [1.82, 2.24) is 19.5 Å². The van der Waals surface area contributed by atoms with Gasteiger partial charge in [0.05, 0.1) is 39.4 Å². The second-order valence-electron chi connectivity index (χ2n) is 8.73. The van der Waals surface area contributed by atoms with Gasteiger partial charge in [-0.05, 0) is 48.9 Å². The first-order chi connectivity index (χ1) is 18.0. The van der Waals surface area contributed by atoms with Crippen molar-refractivity contribution in [3.63, 3.8) is 0 Å². The number of thiazole rings is 1. The molecule has 0 saturated carbocycles. The Bertz CT molecular complexity index is 1350. The largest absolute Gasteiger partial charge is 0.497 e. The quantitative estimate of drug-likeness (QED) is 0.369. The van der Waals surface area contributed by atoms with Crippen molar-refractivity contribution in [2.75, 3.05) is 59.5 Å². The van der Waals surface area contributed by atoms with Crippen LogP contribution in [0.1, 0.15) is 22.3 Å². The summed E-state index contributed by atoms with van der Waals surface area (Å²) in [6.07, 6.45) is 0. The number of nitrogens with zero attached hydrogens (tertiary/aromatic N) is 5. The number of hydrogen-bond donors (Lipinski definition) is 1. The average molecular weight is 526 g/mol. The molecular weight excluding hydrogens is 494 g/mol. The minimum atomic E-state index is -0.263. The summed E-state index contributed by atoms with van der Waals surface area (Å²) >= 11 is 1.44. The highest BCUT2D eigenvalue weighted by Crippen LogP contribution is 2.45. The Labute approximate surface area is 219 Å². The number of rotatable bonds is 8. The zero-order chi connectivity index (χ0) is 26.1. The van der Waals surface area contributed by atoms with Gasteiger partial charge in [0.1, 0.15) is 11.6 Å². The maximum absolute atomic E-state index is 11.2. The maximum atomic E-state index is 11.2. The third-order valence-corrected chi connectivity index (χ3v) is 7.75. The van der Waals surface area contributed by atoms with Crippen LogP contribution >= 0.6 is 11.3 Å². The van der Waals surface area contributed by atoms with E-state index in [1.165, 1.54) is 15.9 Å². The minimum Gasteiger partial charge on any atom is -0.497 e. The van der Waals surface area contributed by atoms with Gasteiger partial charge in [0.25, 0.3) is 0 Å². The zero-order valence-corrected chi connectivity index (χ0v) is 22.4. The number of benzene rings is 2. The molecule has 4 aromatic rings. The van der Waals surface area contributed by atoms with E-state index in [0.29, 0.717) is 28.0 Å². The molecule has 1 atom stereocenters. The van der Waals surface area contributed by atoms with E-state index in [-0.39, 0.29) is 11.9 Å². The Kier molecular flexibility index (Phi) is 6.98. The van der Waals surface area contributed by atoms with Crippen LogP contribution in [0.25, 0.3) is 4.96 Å². The van der Waals surface area contributed by atoms with Gasteiger partial charge in [-0.2, -0.15) is 4.52 Å². The van der Waals surface area contributed by atoms with Gasteiger partial charge in [0.15, 0.2) is 11.5 Å². The fourth-order valence-corrected chi connectivity index (χ4v) is 6.01. The van der Waals surface area contributed by atoms with Crippen molar-refractivity contribution >= 4 is 22.0 Å². The Balaban J connectivity index is 1.52. The Morgan fingerprint density at radius 1 is 0.892 bits per heavy atom. The van der Waals surface area contributed by atoms with Crippen LogP contribution in [0.5, 0.6) is 28.9 Å². The van der Waals surface area contributed by atoms with Gasteiger partial charge in [-0.25, -0.2) is 4.98 Å². The molecule has 1 aliphatic heterocycles. The van der Waals surface area contributed by atoms with Gasteiger partial charge < -0.3 is 29.0 Å². The molecule has 0 unspecified atom stereocenters. The van der Waals surface area contributed by atoms with Crippen LogP contribution in [-0.2, 0) is 0 Å². The van der Waals surface area contributed by atoms with Crippen molar-refractivity contribution in [2.45, 2.75) is 13.0 Å². The summed E-state index contributed by atoms with van der Waals surface area (Å²) in [6.45, 7) is 5.02. The number of ether oxygens (including phenoxy) is 4. The number of aromatic hydroxyl groups is 1. The highest BCUT2D eigenvalue weighted by Gasteiger charge is 2.33. The lowest BCUT2D eigenvalue weighted by Gasteiger charge is -2.40. The Morgan fingerprint density at radius 3 is 2.08 bits per heavy atom. The molecule has 2 aromatic heterocycles. The first-order valence-electron chi connectivity index (χ1n) is 11.9. The molecule has 0 radical (unpaired) electrons. The summed E-state index contributed by atoms with van der Waals surface area (Å²) in [7, 11) is 6.47. The Morgan fingerprint density at radius 2 is 1.54 bits per heavy atom. The van der Waals surface area contributed by atoms with Gasteiger partial charge in [-0.1, -0.05) is 11.3 Å². The van der Waals surface area contributed by atoms with E-state index >= 15 is 0 Å². The smallest absolute Gasteiger partial charge is 0.230 e. The molecule has 37 heavy (non-hydrogen) atoms. The normalized spacial score (nSPS) is 15.1. The molecular formula is C26H31N5O5S. The molecule has 1 N–H and O–H groups in total. The van der Waals surface area contributed by atoms with Gasteiger partial charge in [0.2, 0.25) is 16.6 Å². The van der Waals surface area contributed by atoms with Crippen LogP contribution in [0, 0.1) is 6.92 Å². The maximum Gasteiger partial charge on any atom is 0.230 e. The molecule has 2 aromatic carbocycles. The van der Waals surface area contributed by atoms with Gasteiger partial charge in [-0.15, -0.1) is 5.10 Å². The zero-order valence-electron chi connectivity index (χ0n) is 21.6. The van der Waals surface area contributed by atoms with Crippen molar-refractivity contribution in [1.29, 1.82) is 0 Å². The predicted octanol–water partition coefficient (Wildman–Crippen LogP) is 3.75. The molecule has 1 aliphatic rings. The van der Waals surface area contributed by atoms with Gasteiger partial charge in [-0.3, -0.25) is 4.90 Å². The number of aromatic nitrogens is 3. The predicted molar refractivity (Wildman–Crippen MR) is 142 cm³/mol. The van der Waals surface area contributed by atoms with Crippen molar-refractivity contribution in [2.24, 2.45) is 0 Å². The van der Waals surface area contributed by atoms with E-state index < -0.39 is 0 Å². The molecule has 0 amide bonds. The lowest BCUT2D eigenvalue weighted by Crippen LogP contribution is -2.47. The fourth-order valence-electron chi connectivity index (χ4n) is 4.84. The van der Waals surface area contributed by atoms with E-state index in [0.717, 1.165) is 48.1 Å². The molecule has 1 fully saturated rings. The Hall–Kier alpha value is -3.70. The topological polar surface area (TPSA) is 93.8 Å². The summed E-state index contributed by atoms with van der Waals surface area (Å²) in [4.78, 5) is 10.6. The van der Waals surface area contributed by atoms with Crippen molar-refractivity contribution in [3.05, 3.63) is 52.7 Å². The highest BCUT2D eigenvalue weighted by atomic mass is 32.1. The molecule has 0 spiro atoms. The molecule has 0 bridgehead atoms. The SMILES string of the molecule is COc1ccc(N2CCN([C@@H](c3cc(OC)c(OC)c(OC)c3)c3sc4nc(C)nn4c3O)CC2)cc1. The average Bonchev–Trinajstić information content (AvgIpc) is 3.44. The summed E-state index contributed by atoms with van der Waals surface area (Å²) in [5, 5.41) is 15.6. The molecule has 0 aliphatic carbocycles. The minimum absolute atomic E-state index is 0.0944. The molecule has 3 heterocycles. The van der Waals surface area contributed by atoms with E-state index in [1.54, 1.807) is 28.4 Å². The van der Waals surface area contributed by atoms with Crippen LogP contribution < -0.4 is 23.8 Å². The van der Waals surface area contributed by atoms with Crippen LogP contribution in [0.3, 0.4) is 0 Å². The summed E-state index contributed by atoms with van der Waals surface area (Å²) in [5.41, 5.74) is 2.07. The highest BCUT2D eigenvalue weighted by molar-refractivity contribution is 7.17. The van der Waals surface area contributed by atoms with E-state index in [2.05, 4.69) is 32.0 Å². The number of hydrogen-bond acceptors (Lipinski definition) is 10. The van der Waals surface area contributed by atoms with E-state index in [9.17, 15) is 5.11 Å². The molecule has 10 nitrogen and oxygen atoms in total. The van der Waals surface area contributed by atoms with E-state index in [1.807, 2.05) is 31.2 Å². The molecule has 1 saturated heterocycles. The van der Waals surface area contributed by atoms with E-state index in [4.69, 9.17) is 18.9 Å². The lowest BCUT2D eigenvalue weighted by atomic mass is 10.0. The third kappa shape index (κ3) is 4.60. The number of piperazine rings is 1. The standard InChI is InChI=1S/C26H31N5O5S/c1-16-27-26-31(28-16)25(32)24(37-26)22(17-14-20(34-3)23(36-5)21(15-17)35-4)30-12-10-29(11-13-30)18-6-8-19(33-2)9-7-18/h6-9,14-15,22,32H,10-13H2,1-5H3/t22-/m0/s1. The lowest BCUT2D eigenvalue weighted by molar-refractivity contribution is 0.210. The summed E-state index contributed by atoms with van der Waals surface area (Å²) in [6, 6.07) is 11.8. The second kappa shape index (κ2) is 10.3. The third-order valence-electron chi connectivity index (χ3n) is 6.67. The van der Waals surface area contributed by atoms with Crippen LogP contribution in [-0.4, -0.2) is 79.2 Å². The van der Waals surface area contributed by atoms with Crippen LogP contribution in [0.2, 0.25) is 0 Å². The van der Waals surface area contributed by atoms with Crippen LogP contribution in [0.4, 0.5) is 5.69 Å². The molecule has 196 valence electrons. The molecule has 5 rings (SSSR count). The monoisotopic (exact) mass is 525 g/mol. The van der Waals surface area contributed by atoms with Gasteiger partial charge in [0, 0.05) is 31.9 Å². The number of fused-ring (bicyclic) bond motifs is 1. The number of aryl methyl sites for hydroxylation is 1. The number of anilines is 1. The summed E-state index contributed by atoms with van der Waals surface area (Å²) in [5.74, 6) is 3.20. The van der Waals surface area contributed by atoms with Crippen molar-refractivity contribution in [3.8, 4) is 28.9 Å². The first kappa shape index (κ1) is 25.0. The first-order valence-corrected chi connectivity index (χ1v) is 12.8. The second-order valence-corrected chi connectivity index (χ2v) is 9.73. The molecule has 11 heteroatoms. The number of methoxy groups -OCH3 is 4. The fraction of sp³-hybridized carbons (Fsp3) is 0.385. The van der Waals surface area contributed by atoms with Crippen LogP contribution in [0.15, 0.2) is 36.4 Å². The van der Waals surface area contributed by atoms with Crippen molar-refractivity contribution < 1.29 is 24.1 Å².